The number of Topliss-reactive ketones (excluding diaryl/α,β-unsaturated/α-hetero) is 1. The van der Waals surface area contributed by atoms with Crippen molar-refractivity contribution in [3.63, 3.8) is 0 Å². The molecule has 0 amide bonds. The zero-order valence-electron chi connectivity index (χ0n) is 12.7. The van der Waals surface area contributed by atoms with Crippen LogP contribution in [-0.4, -0.2) is 34.7 Å². The molecule has 1 aliphatic carbocycles. The van der Waals surface area contributed by atoms with Crippen molar-refractivity contribution in [2.24, 2.45) is 0 Å². The van der Waals surface area contributed by atoms with Crippen LogP contribution in [-0.2, 0) is 0 Å². The molecule has 0 aliphatic heterocycles. The highest BCUT2D eigenvalue weighted by Crippen LogP contribution is 2.41. The Morgan fingerprint density at radius 2 is 2.23 bits per heavy atom. The molecular formula is C17H19N3O2. The van der Waals surface area contributed by atoms with Crippen molar-refractivity contribution in [1.29, 1.82) is 0 Å². The first-order chi connectivity index (χ1) is 10.6. The predicted octanol–water partition coefficient (Wildman–Crippen LogP) is 2.95. The van der Waals surface area contributed by atoms with Gasteiger partial charge in [-0.05, 0) is 36.5 Å². The lowest BCUT2D eigenvalue weighted by molar-refractivity contribution is 0.0973. The number of H-pyrrole nitrogens is 1. The minimum absolute atomic E-state index is 0.243. The minimum atomic E-state index is -0.268. The first kappa shape index (κ1) is 14.4. The first-order valence-electron chi connectivity index (χ1n) is 7.33. The number of aromatic amines is 1. The number of hydrogen-bond acceptors (Lipinski definition) is 4. The third-order valence-corrected chi connectivity index (χ3v) is 3.45. The Hall–Kier alpha value is -2.56. The van der Waals surface area contributed by atoms with Gasteiger partial charge in [-0.3, -0.25) is 4.79 Å². The van der Waals surface area contributed by atoms with Crippen molar-refractivity contribution < 1.29 is 9.53 Å². The molecule has 5 nitrogen and oxygen atoms in total. The standard InChI is InChI=1S/C17H19N3O2/c1-20(2)11-15(16(21)17-18-8-9-19-17)22-14-5-3-4-13(10-14)12-6-7-12/h3-5,8-12H,6-7H2,1-2H3,(H,18,19). The summed E-state index contributed by atoms with van der Waals surface area (Å²) >= 11 is 0. The lowest BCUT2D eigenvalue weighted by Gasteiger charge is -2.12. The van der Waals surface area contributed by atoms with E-state index in [1.807, 2.05) is 32.3 Å². The van der Waals surface area contributed by atoms with Gasteiger partial charge in [0.25, 0.3) is 5.78 Å². The molecule has 1 aromatic heterocycles. The van der Waals surface area contributed by atoms with Gasteiger partial charge in [0, 0.05) is 32.7 Å². The van der Waals surface area contributed by atoms with E-state index in [2.05, 4.69) is 16.0 Å². The quantitative estimate of drug-likeness (QED) is 0.506. The van der Waals surface area contributed by atoms with Gasteiger partial charge in [-0.25, -0.2) is 4.98 Å². The molecule has 1 heterocycles. The first-order valence-corrected chi connectivity index (χ1v) is 7.33. The van der Waals surface area contributed by atoms with Gasteiger partial charge in [0.05, 0.1) is 0 Å². The van der Waals surface area contributed by atoms with E-state index >= 15 is 0 Å². The van der Waals surface area contributed by atoms with Crippen molar-refractivity contribution in [1.82, 2.24) is 14.9 Å². The Kier molecular flexibility index (Phi) is 3.96. The molecule has 1 N–H and O–H groups in total. The largest absolute Gasteiger partial charge is 0.452 e. The van der Waals surface area contributed by atoms with Crippen molar-refractivity contribution in [3.05, 3.63) is 60.0 Å². The van der Waals surface area contributed by atoms with Crippen LogP contribution in [0, 0.1) is 0 Å². The van der Waals surface area contributed by atoms with Gasteiger partial charge in [-0.2, -0.15) is 0 Å². The summed E-state index contributed by atoms with van der Waals surface area (Å²) in [5.74, 6) is 1.57. The molecular weight excluding hydrogens is 278 g/mol. The van der Waals surface area contributed by atoms with Crippen molar-refractivity contribution >= 4 is 5.78 Å². The number of rotatable bonds is 6. The molecule has 0 spiro atoms. The number of nitrogens with one attached hydrogen (secondary N) is 1. The average Bonchev–Trinajstić information content (AvgIpc) is 3.21. The Balaban J connectivity index is 1.84. The summed E-state index contributed by atoms with van der Waals surface area (Å²) in [5.41, 5.74) is 1.27. The van der Waals surface area contributed by atoms with Crippen molar-refractivity contribution in [3.8, 4) is 5.75 Å². The van der Waals surface area contributed by atoms with E-state index in [1.165, 1.54) is 18.4 Å². The van der Waals surface area contributed by atoms with Gasteiger partial charge >= 0.3 is 0 Å². The molecule has 1 fully saturated rings. The predicted molar refractivity (Wildman–Crippen MR) is 83.7 cm³/mol. The summed E-state index contributed by atoms with van der Waals surface area (Å²) in [6.07, 6.45) is 7.29. The average molecular weight is 297 g/mol. The van der Waals surface area contributed by atoms with E-state index in [0.717, 1.165) is 0 Å². The van der Waals surface area contributed by atoms with Gasteiger partial charge in [-0.15, -0.1) is 0 Å². The lowest BCUT2D eigenvalue weighted by atomic mass is 10.1. The summed E-state index contributed by atoms with van der Waals surface area (Å²) in [6, 6.07) is 7.95. The summed E-state index contributed by atoms with van der Waals surface area (Å²) in [6.45, 7) is 0. The highest BCUT2D eigenvalue weighted by Gasteiger charge is 2.24. The van der Waals surface area contributed by atoms with E-state index in [-0.39, 0.29) is 17.4 Å². The van der Waals surface area contributed by atoms with E-state index < -0.39 is 0 Å². The molecule has 114 valence electrons. The van der Waals surface area contributed by atoms with E-state index in [9.17, 15) is 4.79 Å². The van der Waals surface area contributed by atoms with Crippen LogP contribution < -0.4 is 4.74 Å². The number of allylic oxidation sites excluding steroid dienone is 1. The Morgan fingerprint density at radius 1 is 1.41 bits per heavy atom. The van der Waals surface area contributed by atoms with E-state index in [4.69, 9.17) is 4.74 Å². The molecule has 0 bridgehead atoms. The molecule has 0 radical (unpaired) electrons. The Labute approximate surface area is 129 Å². The van der Waals surface area contributed by atoms with Crippen LogP contribution in [0.4, 0.5) is 0 Å². The number of hydrogen-bond donors (Lipinski definition) is 1. The van der Waals surface area contributed by atoms with Crippen LogP contribution in [0.15, 0.2) is 48.6 Å². The van der Waals surface area contributed by atoms with E-state index in [0.29, 0.717) is 11.7 Å². The highest BCUT2D eigenvalue weighted by molar-refractivity contribution is 6.04. The molecule has 0 unspecified atom stereocenters. The molecule has 0 saturated heterocycles. The smallest absolute Gasteiger partial charge is 0.264 e. The second-order valence-electron chi connectivity index (χ2n) is 5.67. The van der Waals surface area contributed by atoms with Crippen LogP contribution in [0.25, 0.3) is 0 Å². The third-order valence-electron chi connectivity index (χ3n) is 3.45. The molecule has 2 aromatic rings. The normalized spacial score (nSPS) is 14.7. The maximum atomic E-state index is 12.5. The number of imidazole rings is 1. The number of aromatic nitrogens is 2. The third kappa shape index (κ3) is 3.36. The molecule has 1 saturated carbocycles. The van der Waals surface area contributed by atoms with Gasteiger partial charge in [0.1, 0.15) is 5.75 Å². The number of carbonyl (C=O) groups excluding carboxylic acids is 1. The zero-order chi connectivity index (χ0) is 15.5. The maximum absolute atomic E-state index is 12.5. The fourth-order valence-electron chi connectivity index (χ4n) is 2.25. The lowest BCUT2D eigenvalue weighted by Crippen LogP contribution is -2.15. The number of ketones is 1. The second-order valence-corrected chi connectivity index (χ2v) is 5.67. The van der Waals surface area contributed by atoms with Gasteiger partial charge in [0.2, 0.25) is 0 Å². The Bertz CT molecular complexity index is 686. The van der Waals surface area contributed by atoms with Crippen LogP contribution in [0.3, 0.4) is 0 Å². The molecule has 1 aliphatic rings. The monoisotopic (exact) mass is 297 g/mol. The molecule has 22 heavy (non-hydrogen) atoms. The number of benzene rings is 1. The van der Waals surface area contributed by atoms with Crippen molar-refractivity contribution in [2.45, 2.75) is 18.8 Å². The number of nitrogens with zero attached hydrogens (tertiary/aromatic N) is 2. The second kappa shape index (κ2) is 6.05. The van der Waals surface area contributed by atoms with Gasteiger partial charge in [0.15, 0.2) is 11.6 Å². The van der Waals surface area contributed by atoms with Gasteiger partial charge < -0.3 is 14.6 Å². The zero-order valence-corrected chi connectivity index (χ0v) is 12.7. The molecule has 3 rings (SSSR count). The molecule has 1 aromatic carbocycles. The van der Waals surface area contributed by atoms with E-state index in [1.54, 1.807) is 23.5 Å². The summed E-state index contributed by atoms with van der Waals surface area (Å²) in [4.78, 5) is 21.1. The Morgan fingerprint density at radius 3 is 2.86 bits per heavy atom. The molecule has 5 heteroatoms. The van der Waals surface area contributed by atoms with Gasteiger partial charge in [-0.1, -0.05) is 12.1 Å². The van der Waals surface area contributed by atoms with Crippen LogP contribution in [0.2, 0.25) is 0 Å². The maximum Gasteiger partial charge on any atom is 0.264 e. The SMILES string of the molecule is CN(C)C=C(Oc1cccc(C2CC2)c1)C(=O)c1ncc[nH]1. The number of carbonyl (C=O) groups is 1. The summed E-state index contributed by atoms with van der Waals surface area (Å²) in [7, 11) is 3.69. The van der Waals surface area contributed by atoms with Crippen molar-refractivity contribution in [2.75, 3.05) is 14.1 Å². The minimum Gasteiger partial charge on any atom is -0.452 e. The fraction of sp³-hybridized carbons (Fsp3) is 0.294. The summed E-state index contributed by atoms with van der Waals surface area (Å²) in [5, 5.41) is 0. The molecule has 0 atom stereocenters. The fourth-order valence-corrected chi connectivity index (χ4v) is 2.25. The van der Waals surface area contributed by atoms with Crippen LogP contribution in [0.5, 0.6) is 5.75 Å². The highest BCUT2D eigenvalue weighted by atomic mass is 16.5. The summed E-state index contributed by atoms with van der Waals surface area (Å²) < 4.78 is 5.84. The van der Waals surface area contributed by atoms with Crippen LogP contribution in [0.1, 0.15) is 34.9 Å². The van der Waals surface area contributed by atoms with Crippen LogP contribution >= 0.6 is 0 Å². The topological polar surface area (TPSA) is 58.2 Å². The number of ether oxygens (including phenoxy) is 1.